The molecule has 1 fully saturated rings. The number of hydrogen-bond donors (Lipinski definition) is 2. The molecule has 1 aromatic heterocycles. The van der Waals surface area contributed by atoms with E-state index >= 15 is 0 Å². The summed E-state index contributed by atoms with van der Waals surface area (Å²) >= 11 is 0. The van der Waals surface area contributed by atoms with Crippen LogP contribution in [0, 0.1) is 0 Å². The Morgan fingerprint density at radius 2 is 1.94 bits per heavy atom. The van der Waals surface area contributed by atoms with Gasteiger partial charge in [-0.2, -0.15) is 0 Å². The van der Waals surface area contributed by atoms with Gasteiger partial charge in [0.15, 0.2) is 0 Å². The molecule has 1 aliphatic carbocycles. The molecule has 2 rings (SSSR count). The zero-order chi connectivity index (χ0) is 23.0. The van der Waals surface area contributed by atoms with Crippen molar-refractivity contribution in [2.75, 3.05) is 27.2 Å². The summed E-state index contributed by atoms with van der Waals surface area (Å²) in [7, 11) is 3.16. The van der Waals surface area contributed by atoms with E-state index in [-0.39, 0.29) is 25.7 Å². The molecule has 174 valence electrons. The second-order valence-electron chi connectivity index (χ2n) is 8.67. The molecule has 1 heterocycles. The average molecular weight is 438 g/mol. The molecule has 0 aliphatic heterocycles. The third-order valence-electron chi connectivity index (χ3n) is 5.29. The highest BCUT2D eigenvalue weighted by Gasteiger charge is 2.20. The van der Waals surface area contributed by atoms with Crippen molar-refractivity contribution in [1.82, 2.24) is 14.9 Å². The molecule has 0 saturated heterocycles. The summed E-state index contributed by atoms with van der Waals surface area (Å²) < 4.78 is 25.0. The van der Waals surface area contributed by atoms with Gasteiger partial charge in [-0.15, -0.1) is 0 Å². The Morgan fingerprint density at radius 3 is 2.48 bits per heavy atom. The number of carbonyl (C=O) groups is 1. The van der Waals surface area contributed by atoms with Crippen LogP contribution >= 0.6 is 0 Å². The number of rotatable bonds is 9. The number of carbonyl (C=O) groups excluding carboxylic acids is 1. The fourth-order valence-corrected chi connectivity index (χ4v) is 3.27. The van der Waals surface area contributed by atoms with Gasteiger partial charge in [-0.3, -0.25) is 4.98 Å². The first-order valence-electron chi connectivity index (χ1n) is 10.7. The molecule has 0 aromatic carbocycles. The third-order valence-corrected chi connectivity index (χ3v) is 5.29. The van der Waals surface area contributed by atoms with Crippen molar-refractivity contribution in [2.24, 2.45) is 11.6 Å². The summed E-state index contributed by atoms with van der Waals surface area (Å²) in [6.45, 7) is 3.04. The molecule has 0 radical (unpaired) electrons. The lowest BCUT2D eigenvalue weighted by molar-refractivity contribution is 0.104. The van der Waals surface area contributed by atoms with Gasteiger partial charge >= 0.3 is 6.09 Å². The van der Waals surface area contributed by atoms with Crippen molar-refractivity contribution in [3.63, 3.8) is 0 Å². The van der Waals surface area contributed by atoms with E-state index in [9.17, 15) is 9.18 Å². The first-order chi connectivity index (χ1) is 14.6. The second kappa shape index (κ2) is 11.2. The Balaban J connectivity index is 1.99. The lowest BCUT2D eigenvalue weighted by Gasteiger charge is -2.24. The van der Waals surface area contributed by atoms with Crippen LogP contribution in [-0.2, 0) is 4.74 Å². The minimum atomic E-state index is -1.36. The summed E-state index contributed by atoms with van der Waals surface area (Å²) in [5, 5.41) is 1.29. The Kier molecular flexibility index (Phi) is 8.91. The van der Waals surface area contributed by atoms with Crippen molar-refractivity contribution in [3.8, 4) is 5.75 Å². The number of nitrogens with zero attached hydrogens (tertiary/aromatic N) is 3. The fraction of sp³-hybridized carbons (Fsp3) is 0.636. The highest BCUT2D eigenvalue weighted by molar-refractivity contribution is 5.68. The van der Waals surface area contributed by atoms with Gasteiger partial charge in [0.25, 0.3) is 0 Å². The van der Waals surface area contributed by atoms with E-state index in [2.05, 4.69) is 4.98 Å². The minimum absolute atomic E-state index is 0.136. The Labute approximate surface area is 184 Å². The molecule has 1 aliphatic rings. The van der Waals surface area contributed by atoms with Crippen LogP contribution in [0.3, 0.4) is 0 Å². The van der Waals surface area contributed by atoms with Crippen LogP contribution in [0.4, 0.5) is 9.18 Å². The highest BCUT2D eigenvalue weighted by Crippen LogP contribution is 2.24. The zero-order valence-electron chi connectivity index (χ0n) is 19.1. The second-order valence-corrected chi connectivity index (χ2v) is 8.67. The van der Waals surface area contributed by atoms with E-state index in [4.69, 9.17) is 21.1 Å². The van der Waals surface area contributed by atoms with Gasteiger partial charge in [0, 0.05) is 20.6 Å². The SMILES string of the molecule is CN(CCC(C)(C)F)C(=O)OC/C(=C(/N)c1ccc(OC2CCCCC2)cn1)N(C)N. The molecule has 8 nitrogen and oxygen atoms in total. The van der Waals surface area contributed by atoms with Crippen molar-refractivity contribution >= 4 is 11.8 Å². The van der Waals surface area contributed by atoms with Crippen molar-refractivity contribution in [1.29, 1.82) is 0 Å². The lowest BCUT2D eigenvalue weighted by Crippen LogP contribution is -2.35. The Morgan fingerprint density at radius 1 is 1.26 bits per heavy atom. The zero-order valence-corrected chi connectivity index (χ0v) is 19.1. The number of nitrogens with two attached hydrogens (primary N) is 2. The maximum absolute atomic E-state index is 13.6. The third kappa shape index (κ3) is 8.24. The predicted octanol–water partition coefficient (Wildman–Crippen LogP) is 3.43. The Hall–Kier alpha value is -2.55. The molecule has 4 N–H and O–H groups in total. The van der Waals surface area contributed by atoms with Crippen LogP contribution in [0.15, 0.2) is 24.0 Å². The van der Waals surface area contributed by atoms with E-state index in [0.717, 1.165) is 12.8 Å². The van der Waals surface area contributed by atoms with Gasteiger partial charge in [-0.25, -0.2) is 15.0 Å². The fourth-order valence-electron chi connectivity index (χ4n) is 3.27. The lowest BCUT2D eigenvalue weighted by atomic mass is 9.98. The van der Waals surface area contributed by atoms with Crippen LogP contribution < -0.4 is 16.3 Å². The monoisotopic (exact) mass is 437 g/mol. The molecule has 1 saturated carbocycles. The van der Waals surface area contributed by atoms with Crippen molar-refractivity contribution < 1.29 is 18.7 Å². The molecule has 1 aromatic rings. The Bertz CT molecular complexity index is 741. The van der Waals surface area contributed by atoms with Crippen LogP contribution in [0.2, 0.25) is 0 Å². The number of alkyl halides is 1. The molecule has 1 amide bonds. The molecule has 31 heavy (non-hydrogen) atoms. The number of aromatic nitrogens is 1. The van der Waals surface area contributed by atoms with E-state index in [1.807, 2.05) is 6.07 Å². The predicted molar refractivity (Wildman–Crippen MR) is 119 cm³/mol. The van der Waals surface area contributed by atoms with Crippen LogP contribution in [0.25, 0.3) is 5.70 Å². The van der Waals surface area contributed by atoms with Crippen LogP contribution in [0.1, 0.15) is 58.1 Å². The number of hydrazine groups is 1. The van der Waals surface area contributed by atoms with Crippen molar-refractivity contribution in [2.45, 2.75) is 64.1 Å². The number of hydrogen-bond acceptors (Lipinski definition) is 7. The van der Waals surface area contributed by atoms with E-state index < -0.39 is 11.8 Å². The van der Waals surface area contributed by atoms with Gasteiger partial charge in [0.1, 0.15) is 18.0 Å². The van der Waals surface area contributed by atoms with Gasteiger partial charge in [-0.1, -0.05) is 6.42 Å². The van der Waals surface area contributed by atoms with Gasteiger partial charge < -0.3 is 25.1 Å². The minimum Gasteiger partial charge on any atom is -0.489 e. The summed E-state index contributed by atoms with van der Waals surface area (Å²) in [6, 6.07) is 3.59. The number of amides is 1. The summed E-state index contributed by atoms with van der Waals surface area (Å²) in [5.41, 5.74) is 6.10. The molecular weight excluding hydrogens is 401 g/mol. The number of ether oxygens (including phenoxy) is 2. The van der Waals surface area contributed by atoms with Gasteiger partial charge in [-0.05, 0) is 58.1 Å². The highest BCUT2D eigenvalue weighted by atomic mass is 19.1. The normalized spacial score (nSPS) is 15.8. The van der Waals surface area contributed by atoms with Crippen LogP contribution in [0.5, 0.6) is 5.75 Å². The summed E-state index contributed by atoms with van der Waals surface area (Å²) in [5.74, 6) is 6.60. The average Bonchev–Trinajstić information content (AvgIpc) is 2.72. The quantitative estimate of drug-likeness (QED) is 0.450. The van der Waals surface area contributed by atoms with E-state index in [1.165, 1.54) is 43.0 Å². The largest absolute Gasteiger partial charge is 0.489 e. The first kappa shape index (κ1) is 24.7. The van der Waals surface area contributed by atoms with Gasteiger partial charge in [0.2, 0.25) is 0 Å². The molecule has 0 bridgehead atoms. The maximum atomic E-state index is 13.6. The van der Waals surface area contributed by atoms with E-state index in [1.54, 1.807) is 26.4 Å². The van der Waals surface area contributed by atoms with Crippen molar-refractivity contribution in [3.05, 3.63) is 29.7 Å². The van der Waals surface area contributed by atoms with Gasteiger partial charge in [0.05, 0.1) is 29.4 Å². The summed E-state index contributed by atoms with van der Waals surface area (Å²) in [4.78, 5) is 17.9. The summed E-state index contributed by atoms with van der Waals surface area (Å²) in [6.07, 6.45) is 7.28. The van der Waals surface area contributed by atoms with Crippen LogP contribution in [-0.4, -0.2) is 60.0 Å². The standard InChI is InChI=1S/C22H36FN5O3/c1-22(2,23)12-13-27(3)21(29)30-15-19(28(4)25)20(24)18-11-10-17(14-26-18)31-16-8-6-5-7-9-16/h10-11,14,16H,5-9,12-13,15,24-25H2,1-4H3/b20-19-. The smallest absolute Gasteiger partial charge is 0.409 e. The molecule has 9 heteroatoms. The maximum Gasteiger partial charge on any atom is 0.409 e. The number of halogens is 1. The molecule has 0 spiro atoms. The molecule has 0 unspecified atom stereocenters. The topological polar surface area (TPSA) is 107 Å². The molecule has 0 atom stereocenters. The van der Waals surface area contributed by atoms with E-state index in [0.29, 0.717) is 22.8 Å². The number of likely N-dealkylation sites (N-methyl/N-ethyl adjacent to an activating group) is 1. The first-order valence-corrected chi connectivity index (χ1v) is 10.7. The number of pyridine rings is 1. The molecular formula is C22H36FN5O3.